The molecule has 0 amide bonds. The molecule has 0 bridgehead atoms. The number of hydrogen-bond acceptors (Lipinski definition) is 3. The molecule has 0 saturated carbocycles. The van der Waals surface area contributed by atoms with Gasteiger partial charge < -0.3 is 9.53 Å². The molecule has 0 aliphatic rings. The third-order valence-electron chi connectivity index (χ3n) is 1.82. The van der Waals surface area contributed by atoms with E-state index in [1.165, 1.54) is 0 Å². The fourth-order valence-electron chi connectivity index (χ4n) is 1.12. The van der Waals surface area contributed by atoms with E-state index in [-0.39, 0.29) is 5.56 Å². The molecule has 1 rings (SSSR count). The smallest absolute Gasteiger partial charge is 0.191 e. The van der Waals surface area contributed by atoms with Crippen molar-refractivity contribution in [3.8, 4) is 5.75 Å². The van der Waals surface area contributed by atoms with Crippen molar-refractivity contribution in [3.63, 3.8) is 0 Å². The van der Waals surface area contributed by atoms with Crippen molar-refractivity contribution in [2.45, 2.75) is 6.42 Å². The van der Waals surface area contributed by atoms with Gasteiger partial charge in [0.25, 0.3) is 0 Å². The van der Waals surface area contributed by atoms with Crippen molar-refractivity contribution >= 4 is 12.1 Å². The maximum atomic E-state index is 13.4. The summed E-state index contributed by atoms with van der Waals surface area (Å²) in [5.41, 5.74) is -0.347. The zero-order valence-electron chi connectivity index (χ0n) is 7.92. The summed E-state index contributed by atoms with van der Waals surface area (Å²) in [7, 11) is 1.09. The lowest BCUT2D eigenvalue weighted by Gasteiger charge is -2.06. The van der Waals surface area contributed by atoms with Crippen LogP contribution in [0.3, 0.4) is 0 Å². The number of Topliss-reactive ketones (excluding diaryl/α,β-unsaturated/α-hetero) is 1. The molecular weight excluding hydrogens is 206 g/mol. The molecule has 0 saturated heterocycles. The largest absolute Gasteiger partial charge is 0.491 e. The lowest BCUT2D eigenvalue weighted by atomic mass is 10.1. The average molecular weight is 214 g/mol. The first-order valence-electron chi connectivity index (χ1n) is 4.10. The summed E-state index contributed by atoms with van der Waals surface area (Å²) in [4.78, 5) is 21.3. The number of carbonyl (C=O) groups is 2. The van der Waals surface area contributed by atoms with Crippen molar-refractivity contribution in [1.82, 2.24) is 0 Å². The number of benzene rings is 1. The second kappa shape index (κ2) is 4.63. The number of carbonyl (C=O) groups excluding carboxylic acids is 2. The van der Waals surface area contributed by atoms with Gasteiger partial charge in [0.1, 0.15) is 6.29 Å². The van der Waals surface area contributed by atoms with E-state index in [1.54, 1.807) is 0 Å². The van der Waals surface area contributed by atoms with Crippen LogP contribution in [0.1, 0.15) is 16.8 Å². The molecule has 1 aromatic carbocycles. The Hall–Kier alpha value is -1.78. The Morgan fingerprint density at radius 3 is 2.67 bits per heavy atom. The molecule has 0 atom stereocenters. The fourth-order valence-corrected chi connectivity index (χ4v) is 1.12. The predicted molar refractivity (Wildman–Crippen MR) is 47.9 cm³/mol. The normalized spacial score (nSPS) is 9.80. The Morgan fingerprint density at radius 1 is 1.47 bits per heavy atom. The molecule has 0 unspecified atom stereocenters. The summed E-state index contributed by atoms with van der Waals surface area (Å²) in [6.07, 6.45) is -0.0800. The molecule has 80 valence electrons. The molecule has 3 nitrogen and oxygen atoms in total. The molecule has 0 aliphatic carbocycles. The van der Waals surface area contributed by atoms with Crippen LogP contribution >= 0.6 is 0 Å². The third kappa shape index (κ3) is 2.18. The second-order valence-electron chi connectivity index (χ2n) is 2.74. The lowest BCUT2D eigenvalue weighted by Crippen LogP contribution is -2.05. The highest BCUT2D eigenvalue weighted by Gasteiger charge is 2.18. The summed E-state index contributed by atoms with van der Waals surface area (Å²) in [5.74, 6) is -3.30. The first kappa shape index (κ1) is 11.3. The van der Waals surface area contributed by atoms with Crippen LogP contribution in [0.15, 0.2) is 12.1 Å². The highest BCUT2D eigenvalue weighted by molar-refractivity contribution is 6.03. The summed E-state index contributed by atoms with van der Waals surface area (Å²) in [6, 6.07) is 1.90. The maximum Gasteiger partial charge on any atom is 0.191 e. The number of rotatable bonds is 4. The Balaban J connectivity index is 3.21. The maximum absolute atomic E-state index is 13.4. The topological polar surface area (TPSA) is 43.4 Å². The van der Waals surface area contributed by atoms with Gasteiger partial charge >= 0.3 is 0 Å². The van der Waals surface area contributed by atoms with Gasteiger partial charge in [-0.1, -0.05) is 0 Å². The molecule has 5 heteroatoms. The quantitative estimate of drug-likeness (QED) is 0.435. The van der Waals surface area contributed by atoms with Gasteiger partial charge in [-0.15, -0.1) is 0 Å². The van der Waals surface area contributed by atoms with Crippen LogP contribution in [0.2, 0.25) is 0 Å². The Kier molecular flexibility index (Phi) is 3.49. The van der Waals surface area contributed by atoms with Crippen molar-refractivity contribution < 1.29 is 23.1 Å². The van der Waals surface area contributed by atoms with E-state index in [9.17, 15) is 18.4 Å². The van der Waals surface area contributed by atoms with Crippen LogP contribution in [0.4, 0.5) is 8.78 Å². The minimum Gasteiger partial charge on any atom is -0.491 e. The molecule has 0 N–H and O–H groups in total. The fraction of sp³-hybridized carbons (Fsp3) is 0.200. The van der Waals surface area contributed by atoms with Crippen LogP contribution in [-0.4, -0.2) is 19.2 Å². The van der Waals surface area contributed by atoms with E-state index < -0.39 is 29.6 Å². The number of aldehydes is 1. The van der Waals surface area contributed by atoms with Gasteiger partial charge in [-0.05, 0) is 12.1 Å². The van der Waals surface area contributed by atoms with E-state index in [1.807, 2.05) is 0 Å². The van der Waals surface area contributed by atoms with Crippen LogP contribution in [0, 0.1) is 11.6 Å². The summed E-state index contributed by atoms with van der Waals surface area (Å²) < 4.78 is 30.8. The highest BCUT2D eigenvalue weighted by Crippen LogP contribution is 2.24. The Labute approximate surface area is 84.7 Å². The number of ether oxygens (including phenoxy) is 1. The second-order valence-corrected chi connectivity index (χ2v) is 2.74. The van der Waals surface area contributed by atoms with Crippen molar-refractivity contribution in [3.05, 3.63) is 29.3 Å². The zero-order valence-corrected chi connectivity index (χ0v) is 7.92. The summed E-state index contributed by atoms with van der Waals surface area (Å²) in [5, 5.41) is 0. The molecule has 0 aromatic heterocycles. The minimum atomic E-state index is -1.08. The van der Waals surface area contributed by atoms with Gasteiger partial charge in [-0.2, -0.15) is 0 Å². The van der Waals surface area contributed by atoms with E-state index >= 15 is 0 Å². The summed E-state index contributed by atoms with van der Waals surface area (Å²) in [6.45, 7) is 0. The molecule has 0 radical (unpaired) electrons. The van der Waals surface area contributed by atoms with E-state index in [4.69, 9.17) is 0 Å². The molecule has 15 heavy (non-hydrogen) atoms. The van der Waals surface area contributed by atoms with Crippen molar-refractivity contribution in [2.75, 3.05) is 7.11 Å². The van der Waals surface area contributed by atoms with Gasteiger partial charge in [-0.3, -0.25) is 4.79 Å². The van der Waals surface area contributed by atoms with Gasteiger partial charge in [0.05, 0.1) is 19.1 Å². The molecule has 0 fully saturated rings. The van der Waals surface area contributed by atoms with Crippen LogP contribution < -0.4 is 4.74 Å². The third-order valence-corrected chi connectivity index (χ3v) is 1.82. The van der Waals surface area contributed by atoms with Crippen LogP contribution in [-0.2, 0) is 4.79 Å². The first-order valence-corrected chi connectivity index (χ1v) is 4.10. The van der Waals surface area contributed by atoms with Gasteiger partial charge in [0.2, 0.25) is 0 Å². The van der Waals surface area contributed by atoms with Crippen LogP contribution in [0.5, 0.6) is 5.75 Å². The number of ketones is 1. The monoisotopic (exact) mass is 214 g/mol. The Bertz CT molecular complexity index is 402. The average Bonchev–Trinajstić information content (AvgIpc) is 2.18. The van der Waals surface area contributed by atoms with Crippen LogP contribution in [0.25, 0.3) is 0 Å². The SMILES string of the molecule is COc1c(F)ccc(C(=O)CC=O)c1F. The first-order chi connectivity index (χ1) is 7.11. The number of methoxy groups -OCH3 is 1. The van der Waals surface area contributed by atoms with E-state index in [0.717, 1.165) is 19.2 Å². The molecule has 0 aliphatic heterocycles. The number of halogens is 2. The molecule has 0 spiro atoms. The van der Waals surface area contributed by atoms with Gasteiger partial charge in [0, 0.05) is 0 Å². The molecule has 1 aromatic rings. The van der Waals surface area contributed by atoms with E-state index in [0.29, 0.717) is 6.29 Å². The van der Waals surface area contributed by atoms with Crippen molar-refractivity contribution in [2.24, 2.45) is 0 Å². The van der Waals surface area contributed by atoms with Crippen molar-refractivity contribution in [1.29, 1.82) is 0 Å². The van der Waals surface area contributed by atoms with E-state index in [2.05, 4.69) is 4.74 Å². The zero-order chi connectivity index (χ0) is 11.4. The highest BCUT2D eigenvalue weighted by atomic mass is 19.1. The van der Waals surface area contributed by atoms with Gasteiger partial charge in [0.15, 0.2) is 23.2 Å². The van der Waals surface area contributed by atoms with Gasteiger partial charge in [-0.25, -0.2) is 8.78 Å². The molecule has 0 heterocycles. The Morgan fingerprint density at radius 2 is 2.13 bits per heavy atom. The predicted octanol–water partition coefficient (Wildman–Crippen LogP) is 1.75. The lowest BCUT2D eigenvalue weighted by molar-refractivity contribution is -0.107. The summed E-state index contributed by atoms with van der Waals surface area (Å²) >= 11 is 0. The standard InChI is InChI=1S/C10H8F2O3/c1-15-10-7(11)3-2-6(9(10)12)8(14)4-5-13/h2-3,5H,4H2,1H3. The minimum absolute atomic E-state index is 0.347. The molecular formula is C10H8F2O3. The number of hydrogen-bond donors (Lipinski definition) is 0.